The van der Waals surface area contributed by atoms with E-state index in [0.717, 1.165) is 0 Å². The van der Waals surface area contributed by atoms with Crippen molar-refractivity contribution in [2.45, 2.75) is 26.3 Å². The first-order chi connectivity index (χ1) is 6.49. The summed E-state index contributed by atoms with van der Waals surface area (Å²) in [4.78, 5) is 13.5. The number of rotatable bonds is 1. The Labute approximate surface area is 84.4 Å². The lowest BCUT2D eigenvalue weighted by Gasteiger charge is -2.42. The maximum absolute atomic E-state index is 11.8. The third-order valence-electron chi connectivity index (χ3n) is 2.48. The maximum atomic E-state index is 11.8. The highest BCUT2D eigenvalue weighted by atomic mass is 16.5. The first-order valence-corrected chi connectivity index (χ1v) is 4.78. The molecule has 1 saturated heterocycles. The van der Waals surface area contributed by atoms with Crippen molar-refractivity contribution in [3.63, 3.8) is 0 Å². The van der Waals surface area contributed by atoms with Crippen molar-refractivity contribution in [1.82, 2.24) is 4.90 Å². The first kappa shape index (κ1) is 11.0. The zero-order valence-electron chi connectivity index (χ0n) is 8.91. The molecule has 0 saturated carbocycles. The van der Waals surface area contributed by atoms with E-state index < -0.39 is 5.92 Å². The minimum atomic E-state index is -0.563. The highest BCUT2D eigenvalue weighted by molar-refractivity contribution is 5.81. The zero-order chi connectivity index (χ0) is 10.8. The van der Waals surface area contributed by atoms with Crippen molar-refractivity contribution in [1.29, 1.82) is 5.26 Å². The van der Waals surface area contributed by atoms with Gasteiger partial charge in [-0.15, -0.1) is 0 Å². The van der Waals surface area contributed by atoms with Crippen LogP contribution in [0.2, 0.25) is 0 Å². The molecule has 1 amide bonds. The van der Waals surface area contributed by atoms with Crippen molar-refractivity contribution >= 4 is 5.91 Å². The Bertz CT molecular complexity index is 268. The molecule has 14 heavy (non-hydrogen) atoms. The monoisotopic (exact) mass is 196 g/mol. The molecule has 0 radical (unpaired) electrons. The van der Waals surface area contributed by atoms with Gasteiger partial charge in [0.25, 0.3) is 0 Å². The van der Waals surface area contributed by atoms with Crippen LogP contribution in [-0.4, -0.2) is 36.1 Å². The molecule has 4 heteroatoms. The second-order valence-electron chi connectivity index (χ2n) is 4.21. The van der Waals surface area contributed by atoms with E-state index in [0.29, 0.717) is 19.8 Å². The smallest absolute Gasteiger partial charge is 0.240 e. The van der Waals surface area contributed by atoms with Crippen molar-refractivity contribution in [3.8, 4) is 6.07 Å². The lowest BCUT2D eigenvalue weighted by atomic mass is 10.00. The summed E-state index contributed by atoms with van der Waals surface area (Å²) in [5, 5.41) is 8.68. The number of carbonyl (C=O) groups excluding carboxylic acids is 1. The number of ether oxygens (including phenoxy) is 1. The molecule has 0 aromatic carbocycles. The average Bonchev–Trinajstić information content (AvgIpc) is 2.15. The molecule has 1 atom stereocenters. The Morgan fingerprint density at radius 2 is 2.29 bits per heavy atom. The van der Waals surface area contributed by atoms with Gasteiger partial charge < -0.3 is 9.64 Å². The normalized spacial score (nSPS) is 22.6. The summed E-state index contributed by atoms with van der Waals surface area (Å²) in [6.07, 6.45) is 0. The molecule has 0 N–H and O–H groups in total. The van der Waals surface area contributed by atoms with Crippen LogP contribution in [0.5, 0.6) is 0 Å². The quantitative estimate of drug-likeness (QED) is 0.623. The SMILES string of the molecule is CC(C#N)C(=O)N1CCOCC1(C)C. The summed E-state index contributed by atoms with van der Waals surface area (Å²) in [7, 11) is 0. The van der Waals surface area contributed by atoms with Crippen LogP contribution in [-0.2, 0) is 9.53 Å². The van der Waals surface area contributed by atoms with Crippen LogP contribution in [0.25, 0.3) is 0 Å². The molecule has 1 fully saturated rings. The summed E-state index contributed by atoms with van der Waals surface area (Å²) in [5.74, 6) is -0.659. The van der Waals surface area contributed by atoms with E-state index >= 15 is 0 Å². The molecule has 1 heterocycles. The Balaban J connectivity index is 2.75. The van der Waals surface area contributed by atoms with Crippen molar-refractivity contribution < 1.29 is 9.53 Å². The van der Waals surface area contributed by atoms with E-state index in [-0.39, 0.29) is 11.4 Å². The number of carbonyl (C=O) groups is 1. The van der Waals surface area contributed by atoms with E-state index in [1.807, 2.05) is 19.9 Å². The van der Waals surface area contributed by atoms with Gasteiger partial charge in [0.2, 0.25) is 5.91 Å². The fourth-order valence-electron chi connectivity index (χ4n) is 1.56. The van der Waals surface area contributed by atoms with Gasteiger partial charge in [-0.1, -0.05) is 0 Å². The first-order valence-electron chi connectivity index (χ1n) is 4.78. The van der Waals surface area contributed by atoms with Gasteiger partial charge in [0.15, 0.2) is 0 Å². The van der Waals surface area contributed by atoms with E-state index in [1.165, 1.54) is 0 Å². The number of morpholine rings is 1. The van der Waals surface area contributed by atoms with Crippen LogP contribution in [0.1, 0.15) is 20.8 Å². The molecule has 0 spiro atoms. The number of amides is 1. The van der Waals surface area contributed by atoms with Crippen LogP contribution >= 0.6 is 0 Å². The lowest BCUT2D eigenvalue weighted by molar-refractivity contribution is -0.148. The molecule has 0 aliphatic carbocycles. The summed E-state index contributed by atoms with van der Waals surface area (Å²) in [5.41, 5.74) is -0.291. The highest BCUT2D eigenvalue weighted by Crippen LogP contribution is 2.20. The van der Waals surface area contributed by atoms with Gasteiger partial charge in [0.1, 0.15) is 5.92 Å². The second-order valence-corrected chi connectivity index (χ2v) is 4.21. The predicted molar refractivity (Wildman–Crippen MR) is 51.4 cm³/mol. The Morgan fingerprint density at radius 3 is 2.79 bits per heavy atom. The summed E-state index contributed by atoms with van der Waals surface area (Å²) in [6.45, 7) is 7.22. The average molecular weight is 196 g/mol. The highest BCUT2D eigenvalue weighted by Gasteiger charge is 2.35. The fraction of sp³-hybridized carbons (Fsp3) is 0.800. The number of nitrogens with zero attached hydrogens (tertiary/aromatic N) is 2. The lowest BCUT2D eigenvalue weighted by Crippen LogP contribution is -2.56. The van der Waals surface area contributed by atoms with Crippen LogP contribution in [0.3, 0.4) is 0 Å². The summed E-state index contributed by atoms with van der Waals surface area (Å²) in [6, 6.07) is 1.97. The van der Waals surface area contributed by atoms with Crippen LogP contribution in [0, 0.1) is 17.2 Å². The largest absolute Gasteiger partial charge is 0.377 e. The molecule has 1 unspecified atom stereocenters. The molecule has 0 bridgehead atoms. The third-order valence-corrected chi connectivity index (χ3v) is 2.48. The maximum Gasteiger partial charge on any atom is 0.240 e. The van der Waals surface area contributed by atoms with Gasteiger partial charge in [0.05, 0.1) is 24.8 Å². The molecule has 1 aliphatic heterocycles. The Kier molecular flexibility index (Phi) is 3.12. The van der Waals surface area contributed by atoms with Gasteiger partial charge in [-0.3, -0.25) is 4.79 Å². The van der Waals surface area contributed by atoms with Gasteiger partial charge in [-0.2, -0.15) is 5.26 Å². The van der Waals surface area contributed by atoms with Crippen LogP contribution < -0.4 is 0 Å². The molecule has 1 rings (SSSR count). The van der Waals surface area contributed by atoms with Gasteiger partial charge in [0, 0.05) is 6.54 Å². The van der Waals surface area contributed by atoms with Crippen molar-refractivity contribution in [3.05, 3.63) is 0 Å². The van der Waals surface area contributed by atoms with Crippen molar-refractivity contribution in [2.75, 3.05) is 19.8 Å². The van der Waals surface area contributed by atoms with Crippen LogP contribution in [0.4, 0.5) is 0 Å². The minimum absolute atomic E-state index is 0.0965. The molecule has 78 valence electrons. The minimum Gasteiger partial charge on any atom is -0.377 e. The molecule has 0 aromatic rings. The summed E-state index contributed by atoms with van der Waals surface area (Å²) < 4.78 is 5.30. The van der Waals surface area contributed by atoms with E-state index in [2.05, 4.69) is 0 Å². The Hall–Kier alpha value is -1.08. The van der Waals surface area contributed by atoms with E-state index in [9.17, 15) is 4.79 Å². The van der Waals surface area contributed by atoms with Gasteiger partial charge >= 0.3 is 0 Å². The number of hydrogen-bond donors (Lipinski definition) is 0. The van der Waals surface area contributed by atoms with Gasteiger partial charge in [-0.05, 0) is 20.8 Å². The second kappa shape index (κ2) is 3.97. The Morgan fingerprint density at radius 1 is 1.64 bits per heavy atom. The molecule has 4 nitrogen and oxygen atoms in total. The van der Waals surface area contributed by atoms with Gasteiger partial charge in [-0.25, -0.2) is 0 Å². The molecule has 1 aliphatic rings. The van der Waals surface area contributed by atoms with E-state index in [4.69, 9.17) is 10.00 Å². The topological polar surface area (TPSA) is 53.3 Å². The number of hydrogen-bond acceptors (Lipinski definition) is 3. The fourth-order valence-corrected chi connectivity index (χ4v) is 1.56. The standard InChI is InChI=1S/C10H16N2O2/c1-8(6-11)9(13)12-4-5-14-7-10(12,2)3/h8H,4-5,7H2,1-3H3. The number of nitriles is 1. The van der Waals surface area contributed by atoms with Crippen molar-refractivity contribution in [2.24, 2.45) is 5.92 Å². The van der Waals surface area contributed by atoms with E-state index in [1.54, 1.807) is 11.8 Å². The molecular formula is C10H16N2O2. The zero-order valence-corrected chi connectivity index (χ0v) is 8.91. The molecule has 0 aromatic heterocycles. The third kappa shape index (κ3) is 2.05. The summed E-state index contributed by atoms with van der Waals surface area (Å²) >= 11 is 0. The van der Waals surface area contributed by atoms with Crippen LogP contribution in [0.15, 0.2) is 0 Å². The predicted octanol–water partition coefficient (Wildman–Crippen LogP) is 0.783. The molecular weight excluding hydrogens is 180 g/mol.